The predicted molar refractivity (Wildman–Crippen MR) is 75.2 cm³/mol. The quantitative estimate of drug-likeness (QED) is 0.657. The molecule has 0 amide bonds. The molecule has 0 spiro atoms. The molecule has 0 unspecified atom stereocenters. The van der Waals surface area contributed by atoms with E-state index >= 15 is 0 Å². The summed E-state index contributed by atoms with van der Waals surface area (Å²) in [5.74, 6) is 0. The molecule has 0 atom stereocenters. The van der Waals surface area contributed by atoms with Gasteiger partial charge in [0.2, 0.25) is 0 Å². The Morgan fingerprint density at radius 2 is 2.05 bits per heavy atom. The maximum Gasteiger partial charge on any atom is 0.418 e. The summed E-state index contributed by atoms with van der Waals surface area (Å²) in [4.78, 5) is 11.9. The smallest absolute Gasteiger partial charge is 0.395 e. The van der Waals surface area contributed by atoms with E-state index in [1.165, 1.54) is 0 Å². The largest absolute Gasteiger partial charge is 0.418 e. The highest BCUT2D eigenvalue weighted by Gasteiger charge is 2.38. The number of hydrogen-bond acceptors (Lipinski definition) is 4. The average Bonchev–Trinajstić information content (AvgIpc) is 2.33. The molecule has 122 valence electrons. The van der Waals surface area contributed by atoms with E-state index in [0.29, 0.717) is 6.07 Å². The van der Waals surface area contributed by atoms with Crippen molar-refractivity contribution in [1.29, 1.82) is 0 Å². The number of hydrogen-bond donors (Lipinski definition) is 1. The highest BCUT2D eigenvalue weighted by molar-refractivity contribution is 6.31. The van der Waals surface area contributed by atoms with Crippen molar-refractivity contribution in [3.05, 3.63) is 32.8 Å². The minimum absolute atomic E-state index is 0.0155. The van der Waals surface area contributed by atoms with Crippen LogP contribution in [-0.2, 0) is 6.18 Å². The molecule has 0 heterocycles. The number of anilines is 1. The zero-order chi connectivity index (χ0) is 16.5. The maximum atomic E-state index is 12.8. The van der Waals surface area contributed by atoms with Crippen LogP contribution in [0.3, 0.4) is 0 Å². The Bertz CT molecular complexity index is 576. The molecule has 0 aromatic heterocycles. The van der Waals surface area contributed by atoms with Gasteiger partial charge in [-0.1, -0.05) is 11.6 Å². The van der Waals surface area contributed by atoms with Crippen molar-refractivity contribution in [1.82, 2.24) is 0 Å². The highest BCUT2D eigenvalue weighted by Crippen LogP contribution is 2.43. The van der Waals surface area contributed by atoms with Gasteiger partial charge in [-0.15, -0.1) is 0 Å². The molecular formula is C13H14ClF3N2O3. The molecule has 1 aromatic rings. The number of nitro benzene ring substituents is 1. The van der Waals surface area contributed by atoms with Gasteiger partial charge in [0.15, 0.2) is 0 Å². The van der Waals surface area contributed by atoms with E-state index in [-0.39, 0.29) is 24.9 Å². The molecule has 0 bridgehead atoms. The zero-order valence-electron chi connectivity index (χ0n) is 11.4. The SMILES string of the molecule is O=[N+]([O-])c1cc(C(F)(F)F)c(Cl)cc1N(CCO)C1CCC1. The highest BCUT2D eigenvalue weighted by atomic mass is 35.5. The van der Waals surface area contributed by atoms with Gasteiger partial charge < -0.3 is 10.0 Å². The van der Waals surface area contributed by atoms with Crippen molar-refractivity contribution >= 4 is 23.0 Å². The summed E-state index contributed by atoms with van der Waals surface area (Å²) >= 11 is 5.67. The standard InChI is InChI=1S/C13H14ClF3N2O3/c14-10-7-11(18(4-5-20)8-2-1-3-8)12(19(21)22)6-9(10)13(15,16)17/h6-8,20H,1-5H2. The topological polar surface area (TPSA) is 66.6 Å². The van der Waals surface area contributed by atoms with Gasteiger partial charge in [0.25, 0.3) is 5.69 Å². The van der Waals surface area contributed by atoms with Gasteiger partial charge in [0, 0.05) is 18.7 Å². The molecule has 1 aliphatic rings. The molecule has 1 aliphatic carbocycles. The van der Waals surface area contributed by atoms with Crippen LogP contribution < -0.4 is 4.90 Å². The summed E-state index contributed by atoms with van der Waals surface area (Å²) in [5, 5.41) is 19.7. The predicted octanol–water partition coefficient (Wildman–Crippen LogP) is 3.62. The van der Waals surface area contributed by atoms with E-state index < -0.39 is 27.4 Å². The lowest BCUT2D eigenvalue weighted by Crippen LogP contribution is -2.42. The van der Waals surface area contributed by atoms with Crippen LogP contribution >= 0.6 is 11.6 Å². The second-order valence-electron chi connectivity index (χ2n) is 5.08. The Labute approximate surface area is 129 Å². The number of aliphatic hydroxyl groups is 1. The molecule has 0 aliphatic heterocycles. The van der Waals surface area contributed by atoms with Crippen LogP contribution in [0.4, 0.5) is 24.5 Å². The van der Waals surface area contributed by atoms with Crippen molar-refractivity contribution in [2.24, 2.45) is 0 Å². The lowest BCUT2D eigenvalue weighted by Gasteiger charge is -2.38. The number of aliphatic hydroxyl groups excluding tert-OH is 1. The summed E-state index contributed by atoms with van der Waals surface area (Å²) in [7, 11) is 0. The first-order valence-electron chi connectivity index (χ1n) is 6.68. The summed E-state index contributed by atoms with van der Waals surface area (Å²) in [6.07, 6.45) is -2.28. The first kappa shape index (κ1) is 16.8. The van der Waals surface area contributed by atoms with Crippen LogP contribution in [-0.4, -0.2) is 29.2 Å². The number of halogens is 4. The molecule has 1 N–H and O–H groups in total. The molecule has 2 rings (SSSR count). The van der Waals surface area contributed by atoms with Gasteiger partial charge in [0.1, 0.15) is 5.69 Å². The second-order valence-corrected chi connectivity index (χ2v) is 5.48. The lowest BCUT2D eigenvalue weighted by molar-refractivity contribution is -0.384. The van der Waals surface area contributed by atoms with Crippen LogP contribution in [0.1, 0.15) is 24.8 Å². The van der Waals surface area contributed by atoms with E-state index in [2.05, 4.69) is 0 Å². The van der Waals surface area contributed by atoms with Gasteiger partial charge in [0.05, 0.1) is 22.1 Å². The zero-order valence-corrected chi connectivity index (χ0v) is 12.2. The summed E-state index contributed by atoms with van der Waals surface area (Å²) in [6, 6.07) is 1.40. The molecule has 22 heavy (non-hydrogen) atoms. The maximum absolute atomic E-state index is 12.8. The number of rotatable bonds is 5. The fraction of sp³-hybridized carbons (Fsp3) is 0.538. The van der Waals surface area contributed by atoms with E-state index in [1.54, 1.807) is 4.90 Å². The Balaban J connectivity index is 2.53. The minimum Gasteiger partial charge on any atom is -0.395 e. The molecule has 5 nitrogen and oxygen atoms in total. The fourth-order valence-electron chi connectivity index (χ4n) is 2.45. The molecule has 0 saturated heterocycles. The van der Waals surface area contributed by atoms with Crippen molar-refractivity contribution in [3.8, 4) is 0 Å². The first-order chi connectivity index (χ1) is 10.3. The fourth-order valence-corrected chi connectivity index (χ4v) is 2.72. The van der Waals surface area contributed by atoms with Crippen molar-refractivity contribution in [2.45, 2.75) is 31.5 Å². The van der Waals surface area contributed by atoms with Crippen molar-refractivity contribution in [3.63, 3.8) is 0 Å². The molecule has 1 saturated carbocycles. The normalized spacial score (nSPS) is 15.5. The molecule has 9 heteroatoms. The number of benzene rings is 1. The van der Waals surface area contributed by atoms with Crippen molar-refractivity contribution in [2.75, 3.05) is 18.1 Å². The van der Waals surface area contributed by atoms with E-state index in [0.717, 1.165) is 25.3 Å². The molecule has 1 fully saturated rings. The molecule has 1 aromatic carbocycles. The third-order valence-corrected chi connectivity index (χ3v) is 4.04. The van der Waals surface area contributed by atoms with Crippen molar-refractivity contribution < 1.29 is 23.2 Å². The lowest BCUT2D eigenvalue weighted by atomic mass is 9.90. The van der Waals surface area contributed by atoms with Crippen LogP contribution in [0.25, 0.3) is 0 Å². The van der Waals surface area contributed by atoms with E-state index in [4.69, 9.17) is 16.7 Å². The Morgan fingerprint density at radius 1 is 1.41 bits per heavy atom. The van der Waals surface area contributed by atoms with Crippen LogP contribution in [0, 0.1) is 10.1 Å². The van der Waals surface area contributed by atoms with Gasteiger partial charge >= 0.3 is 6.18 Å². The second kappa shape index (κ2) is 6.29. The van der Waals surface area contributed by atoms with Crippen LogP contribution in [0.5, 0.6) is 0 Å². The Hall–Kier alpha value is -1.54. The Kier molecular flexibility index (Phi) is 4.81. The summed E-state index contributed by atoms with van der Waals surface area (Å²) < 4.78 is 38.5. The third kappa shape index (κ3) is 3.27. The molecular weight excluding hydrogens is 325 g/mol. The first-order valence-corrected chi connectivity index (χ1v) is 7.06. The monoisotopic (exact) mass is 338 g/mol. The minimum atomic E-state index is -4.77. The van der Waals surface area contributed by atoms with Gasteiger partial charge in [-0.25, -0.2) is 0 Å². The summed E-state index contributed by atoms with van der Waals surface area (Å²) in [6.45, 7) is -0.153. The number of nitro groups is 1. The third-order valence-electron chi connectivity index (χ3n) is 3.73. The Morgan fingerprint density at radius 3 is 2.45 bits per heavy atom. The molecule has 0 radical (unpaired) electrons. The van der Waals surface area contributed by atoms with E-state index in [9.17, 15) is 23.3 Å². The number of nitrogens with zero attached hydrogens (tertiary/aromatic N) is 2. The van der Waals surface area contributed by atoms with Crippen LogP contribution in [0.15, 0.2) is 12.1 Å². The number of alkyl halides is 3. The van der Waals surface area contributed by atoms with Gasteiger partial charge in [-0.05, 0) is 25.3 Å². The van der Waals surface area contributed by atoms with E-state index in [1.807, 2.05) is 0 Å². The van der Waals surface area contributed by atoms with Gasteiger partial charge in [-0.2, -0.15) is 13.2 Å². The van der Waals surface area contributed by atoms with Gasteiger partial charge in [-0.3, -0.25) is 10.1 Å². The summed E-state index contributed by atoms with van der Waals surface area (Å²) in [5.41, 5.74) is -1.87. The van der Waals surface area contributed by atoms with Crippen LogP contribution in [0.2, 0.25) is 5.02 Å². The average molecular weight is 339 g/mol.